The van der Waals surface area contributed by atoms with Crippen LogP contribution in [-0.2, 0) is 34.9 Å². The van der Waals surface area contributed by atoms with E-state index in [4.69, 9.17) is 9.31 Å². The minimum Gasteiger partial charge on any atom is -0.453 e. The summed E-state index contributed by atoms with van der Waals surface area (Å²) in [7, 11) is 0.661. The fraction of sp³-hybridized carbons (Fsp3) is 0.688. The highest BCUT2D eigenvalue weighted by atomic mass is 32.2. The van der Waals surface area contributed by atoms with Crippen molar-refractivity contribution in [3.05, 3.63) is 35.9 Å². The van der Waals surface area contributed by atoms with Gasteiger partial charge in [0.05, 0.1) is 25.3 Å². The number of hydrogen-bond donors (Lipinski definition) is 4. The van der Waals surface area contributed by atoms with Gasteiger partial charge >= 0.3 is 13.2 Å². The summed E-state index contributed by atoms with van der Waals surface area (Å²) in [6.07, 6.45) is 4.06. The Hall–Kier alpha value is -2.77. The highest BCUT2D eigenvalue weighted by Gasteiger charge is 2.67. The third-order valence-corrected chi connectivity index (χ3v) is 10.7. The Morgan fingerprint density at radius 3 is 2.31 bits per heavy atom. The van der Waals surface area contributed by atoms with E-state index in [2.05, 4.69) is 46.8 Å². The molecule has 1 saturated heterocycles. The van der Waals surface area contributed by atoms with Gasteiger partial charge in [0.2, 0.25) is 17.7 Å². The van der Waals surface area contributed by atoms with Gasteiger partial charge in [0.25, 0.3) is 0 Å². The van der Waals surface area contributed by atoms with Crippen molar-refractivity contribution in [2.75, 3.05) is 25.6 Å². The summed E-state index contributed by atoms with van der Waals surface area (Å²) < 4.78 is 17.4. The van der Waals surface area contributed by atoms with Crippen LogP contribution >= 0.6 is 11.8 Å². The number of rotatable bonds is 14. The maximum Gasteiger partial charge on any atom is 0.478 e. The molecule has 1 aromatic rings. The molecule has 248 valence electrons. The summed E-state index contributed by atoms with van der Waals surface area (Å²) in [5.41, 5.74) is 0.673. The first-order valence-electron chi connectivity index (χ1n) is 15.9. The maximum absolute atomic E-state index is 13.7. The van der Waals surface area contributed by atoms with Crippen LogP contribution < -0.4 is 21.3 Å². The van der Waals surface area contributed by atoms with Crippen molar-refractivity contribution in [2.24, 2.45) is 23.2 Å². The number of amides is 4. The Morgan fingerprint density at radius 2 is 1.69 bits per heavy atom. The summed E-state index contributed by atoms with van der Waals surface area (Å²) in [6, 6.07) is 6.54. The van der Waals surface area contributed by atoms with Crippen LogP contribution in [0.15, 0.2) is 30.3 Å². The fourth-order valence-electron chi connectivity index (χ4n) is 7.16. The molecule has 3 saturated carbocycles. The van der Waals surface area contributed by atoms with Crippen molar-refractivity contribution >= 4 is 42.7 Å². The molecule has 4 N–H and O–H groups in total. The number of methoxy groups -OCH3 is 1. The highest BCUT2D eigenvalue weighted by Crippen LogP contribution is 2.65. The zero-order valence-electron chi connectivity index (χ0n) is 27.5. The van der Waals surface area contributed by atoms with Crippen LogP contribution in [-0.4, -0.2) is 86.3 Å². The second kappa shape index (κ2) is 14.8. The number of thioether (sulfide) groups is 1. The van der Waals surface area contributed by atoms with E-state index in [1.807, 2.05) is 36.6 Å². The number of hydrogen-bond acceptors (Lipinski definition) is 8. The van der Waals surface area contributed by atoms with Crippen LogP contribution in [0.2, 0.25) is 0 Å². The molecule has 0 aromatic heterocycles. The zero-order valence-corrected chi connectivity index (χ0v) is 28.3. The van der Waals surface area contributed by atoms with Crippen molar-refractivity contribution < 1.29 is 33.2 Å². The summed E-state index contributed by atoms with van der Waals surface area (Å²) >= 11 is 1.57. The van der Waals surface area contributed by atoms with Crippen molar-refractivity contribution in [1.29, 1.82) is 0 Å². The van der Waals surface area contributed by atoms with Crippen molar-refractivity contribution in [3.63, 3.8) is 0 Å². The van der Waals surface area contributed by atoms with Crippen molar-refractivity contribution in [1.82, 2.24) is 21.3 Å². The predicted molar refractivity (Wildman–Crippen MR) is 174 cm³/mol. The molecule has 13 heteroatoms. The SMILES string of the molecule is COC(=O)N[C@H](C(=O)N[C@@H](Cc1ccccc1)C(=O)N[C@@H](CCSC)C(=O)NCB1O[C@@H]2CC3CC(C3(C)C)[C@]2(C)O1)C(C)C. The van der Waals surface area contributed by atoms with Crippen molar-refractivity contribution in [2.45, 2.75) is 90.1 Å². The average molecular weight is 645 g/mol. The first kappa shape index (κ1) is 35.1. The molecular formula is C32H49BN4O7S. The Bertz CT molecular complexity index is 1220. The molecule has 45 heavy (non-hydrogen) atoms. The smallest absolute Gasteiger partial charge is 0.453 e. The molecule has 5 rings (SSSR count). The summed E-state index contributed by atoms with van der Waals surface area (Å²) in [6.45, 7) is 10.3. The first-order chi connectivity index (χ1) is 21.3. The highest BCUT2D eigenvalue weighted by molar-refractivity contribution is 7.98. The molecule has 2 unspecified atom stereocenters. The Morgan fingerprint density at radius 1 is 1.00 bits per heavy atom. The topological polar surface area (TPSA) is 144 Å². The number of carbonyl (C=O) groups is 4. The second-order valence-electron chi connectivity index (χ2n) is 13.6. The van der Waals surface area contributed by atoms with Crippen molar-refractivity contribution in [3.8, 4) is 0 Å². The average Bonchev–Trinajstić information content (AvgIpc) is 3.36. The van der Waals surface area contributed by atoms with E-state index in [0.29, 0.717) is 24.0 Å². The molecule has 0 spiro atoms. The predicted octanol–water partition coefficient (Wildman–Crippen LogP) is 2.72. The monoisotopic (exact) mass is 644 g/mol. The number of carbonyl (C=O) groups excluding carboxylic acids is 4. The number of alkyl carbamates (subject to hydrolysis) is 1. The Labute approximate surface area is 271 Å². The van der Waals surface area contributed by atoms with Crippen LogP contribution in [0.3, 0.4) is 0 Å². The molecule has 4 amide bonds. The van der Waals surface area contributed by atoms with Gasteiger partial charge in [-0.2, -0.15) is 11.8 Å². The first-order valence-corrected chi connectivity index (χ1v) is 17.3. The Kier molecular flexibility index (Phi) is 11.5. The number of ether oxygens (including phenoxy) is 1. The van der Waals surface area contributed by atoms with E-state index < -0.39 is 43.2 Å². The Balaban J connectivity index is 1.42. The van der Waals surface area contributed by atoms with E-state index in [1.54, 1.807) is 25.6 Å². The lowest BCUT2D eigenvalue weighted by atomic mass is 9.43. The van der Waals surface area contributed by atoms with Crippen LogP contribution in [0.1, 0.15) is 59.4 Å². The molecule has 4 fully saturated rings. The molecule has 1 aromatic carbocycles. The third-order valence-electron chi connectivity index (χ3n) is 10.0. The second-order valence-corrected chi connectivity index (χ2v) is 14.6. The van der Waals surface area contributed by atoms with Gasteiger partial charge in [0.15, 0.2) is 0 Å². The molecule has 11 nitrogen and oxygen atoms in total. The van der Waals surface area contributed by atoms with Crippen LogP contribution in [0.5, 0.6) is 0 Å². The summed E-state index contributed by atoms with van der Waals surface area (Å²) in [4.78, 5) is 52.4. The van der Waals surface area contributed by atoms with Gasteiger partial charge in [-0.15, -0.1) is 0 Å². The third kappa shape index (κ3) is 7.97. The minimum atomic E-state index is -0.996. The molecule has 1 heterocycles. The normalized spacial score (nSPS) is 26.5. The van der Waals surface area contributed by atoms with E-state index in [-0.39, 0.29) is 41.8 Å². The van der Waals surface area contributed by atoms with Gasteiger partial charge in [-0.05, 0) is 66.9 Å². The number of benzene rings is 1. The molecule has 0 radical (unpaired) electrons. The van der Waals surface area contributed by atoms with Crippen LogP contribution in [0, 0.1) is 23.2 Å². The van der Waals surface area contributed by atoms with Gasteiger partial charge in [0.1, 0.15) is 18.1 Å². The summed E-state index contributed by atoms with van der Waals surface area (Å²) in [5.74, 6) is 0.0459. The van der Waals surface area contributed by atoms with Gasteiger partial charge in [-0.25, -0.2) is 4.79 Å². The summed E-state index contributed by atoms with van der Waals surface area (Å²) in [5, 5.41) is 11.2. The molecule has 4 aliphatic rings. The van der Waals surface area contributed by atoms with Gasteiger partial charge in [0, 0.05) is 6.42 Å². The number of nitrogens with one attached hydrogen (secondary N) is 4. The molecular weight excluding hydrogens is 595 g/mol. The quantitative estimate of drug-likeness (QED) is 0.227. The van der Waals surface area contributed by atoms with Crippen LogP contribution in [0.4, 0.5) is 4.79 Å². The largest absolute Gasteiger partial charge is 0.478 e. The maximum atomic E-state index is 13.7. The van der Waals surface area contributed by atoms with E-state index in [1.165, 1.54) is 7.11 Å². The fourth-order valence-corrected chi connectivity index (χ4v) is 7.63. The van der Waals surface area contributed by atoms with E-state index in [0.717, 1.165) is 18.4 Å². The van der Waals surface area contributed by atoms with E-state index in [9.17, 15) is 19.2 Å². The van der Waals surface area contributed by atoms with Gasteiger partial charge < -0.3 is 35.3 Å². The van der Waals surface area contributed by atoms with Gasteiger partial charge in [-0.3, -0.25) is 14.4 Å². The lowest BCUT2D eigenvalue weighted by Gasteiger charge is -2.64. The molecule has 7 atom stereocenters. The lowest BCUT2D eigenvalue weighted by Crippen LogP contribution is -2.65. The molecule has 3 aliphatic carbocycles. The van der Waals surface area contributed by atoms with Gasteiger partial charge in [-0.1, -0.05) is 58.0 Å². The van der Waals surface area contributed by atoms with Crippen LogP contribution in [0.25, 0.3) is 0 Å². The zero-order chi connectivity index (χ0) is 32.9. The minimum absolute atomic E-state index is 0.00821. The van der Waals surface area contributed by atoms with E-state index >= 15 is 0 Å². The molecule has 2 bridgehead atoms. The molecule has 1 aliphatic heterocycles. The standard InChI is InChI=1S/C32H49BN4O7S/c1-19(2)26(37-30(41)42-6)29(40)36-23(15-20-11-9-8-10-12-20)28(39)35-22(13-14-45-7)27(38)34-18-33-43-25-17-21-16-24(31(21,3)4)32(25,5)44-33/h8-12,19,21-26H,13-18H2,1-7H3,(H,34,38)(H,35,39)(H,36,40)(H,37,41)/t21?,22-,23-,24?,25+,26-,32-/m0/s1. The lowest BCUT2D eigenvalue weighted by molar-refractivity contribution is -0.199.